The highest BCUT2D eigenvalue weighted by atomic mass is 16.3. The lowest BCUT2D eigenvalue weighted by molar-refractivity contribution is -0.203. The third-order valence-electron chi connectivity index (χ3n) is 13.7. The number of aliphatic hydroxyl groups is 2. The molecule has 0 aromatic carbocycles. The maximum absolute atomic E-state index is 12.7. The van der Waals surface area contributed by atoms with Crippen molar-refractivity contribution >= 4 is 5.91 Å². The molecule has 0 radical (unpaired) electrons. The van der Waals surface area contributed by atoms with E-state index in [0.717, 1.165) is 57.7 Å². The molecule has 0 aromatic rings. The molecule has 1 unspecified atom stereocenters. The van der Waals surface area contributed by atoms with E-state index in [9.17, 15) is 15.0 Å². The van der Waals surface area contributed by atoms with Crippen molar-refractivity contribution in [3.05, 3.63) is 0 Å². The third kappa shape index (κ3) is 6.42. The first-order valence-electron chi connectivity index (χ1n) is 17.7. The summed E-state index contributed by atoms with van der Waals surface area (Å²) < 4.78 is 0. The summed E-state index contributed by atoms with van der Waals surface area (Å²) in [5.74, 6) is 4.58. The second-order valence-corrected chi connectivity index (χ2v) is 15.7. The van der Waals surface area contributed by atoms with Gasteiger partial charge in [0, 0.05) is 19.5 Å². The Hall–Kier alpha value is -0.690. The highest BCUT2D eigenvalue weighted by molar-refractivity contribution is 5.75. The molecule has 4 saturated carbocycles. The predicted octanol–water partition coefficient (Wildman–Crippen LogP) is 5.12. The molecule has 1 saturated heterocycles. The van der Waals surface area contributed by atoms with E-state index in [1.165, 1.54) is 58.0 Å². The molecule has 236 valence electrons. The quantitative estimate of drug-likeness (QED) is 0.209. The van der Waals surface area contributed by atoms with Gasteiger partial charge in [-0.1, -0.05) is 34.1 Å². The summed E-state index contributed by atoms with van der Waals surface area (Å²) in [6.45, 7) is 14.7. The smallest absolute Gasteiger partial charge is 0.220 e. The van der Waals surface area contributed by atoms with E-state index in [1.807, 2.05) is 0 Å². The van der Waals surface area contributed by atoms with E-state index in [4.69, 9.17) is 0 Å². The van der Waals surface area contributed by atoms with Gasteiger partial charge in [0.1, 0.15) is 0 Å². The van der Waals surface area contributed by atoms with E-state index in [-0.39, 0.29) is 28.9 Å². The molecule has 0 aromatic heterocycles. The van der Waals surface area contributed by atoms with Crippen molar-refractivity contribution in [2.45, 2.75) is 123 Å². The van der Waals surface area contributed by atoms with Crippen LogP contribution in [0.15, 0.2) is 0 Å². The average molecular weight is 574 g/mol. The highest BCUT2D eigenvalue weighted by Gasteiger charge is 2.64. The van der Waals surface area contributed by atoms with E-state index in [2.05, 4.69) is 43.6 Å². The van der Waals surface area contributed by atoms with Crippen LogP contribution in [0.25, 0.3) is 0 Å². The lowest BCUT2D eigenvalue weighted by atomic mass is 9.41. The van der Waals surface area contributed by atoms with Gasteiger partial charge < -0.3 is 26.2 Å². The Kier molecular flexibility index (Phi) is 10.5. The number of hydrogen-bond acceptors (Lipinski definition) is 5. The van der Waals surface area contributed by atoms with Gasteiger partial charge in [0.15, 0.2) is 0 Å². The first-order valence-corrected chi connectivity index (χ1v) is 17.7. The largest absolute Gasteiger partial charge is 0.393 e. The molecule has 41 heavy (non-hydrogen) atoms. The van der Waals surface area contributed by atoms with Crippen molar-refractivity contribution in [2.24, 2.45) is 58.2 Å². The molecule has 1 amide bonds. The number of hydrogen-bond donors (Lipinski definition) is 5. The molecule has 12 atom stereocenters. The molecule has 0 spiro atoms. The van der Waals surface area contributed by atoms with Crippen molar-refractivity contribution < 1.29 is 15.0 Å². The van der Waals surface area contributed by atoms with Crippen molar-refractivity contribution in [1.29, 1.82) is 0 Å². The van der Waals surface area contributed by atoms with Crippen LogP contribution in [0.5, 0.6) is 0 Å². The first kappa shape index (κ1) is 31.7. The van der Waals surface area contributed by atoms with E-state index in [1.54, 1.807) is 0 Å². The highest BCUT2D eigenvalue weighted by Crippen LogP contribution is 2.69. The van der Waals surface area contributed by atoms with Crippen molar-refractivity contribution in [3.63, 3.8) is 0 Å². The molecule has 5 aliphatic rings. The van der Waals surface area contributed by atoms with Crippen LogP contribution in [-0.2, 0) is 4.79 Å². The number of carbonyl (C=O) groups is 1. The monoisotopic (exact) mass is 573 g/mol. The van der Waals surface area contributed by atoms with E-state index < -0.39 is 0 Å². The van der Waals surface area contributed by atoms with Crippen LogP contribution in [0.3, 0.4) is 0 Å². The van der Waals surface area contributed by atoms with Gasteiger partial charge in [0.25, 0.3) is 0 Å². The van der Waals surface area contributed by atoms with Crippen LogP contribution in [0.1, 0.15) is 111 Å². The summed E-state index contributed by atoms with van der Waals surface area (Å²) in [4.78, 5) is 12.7. The predicted molar refractivity (Wildman–Crippen MR) is 166 cm³/mol. The summed E-state index contributed by atoms with van der Waals surface area (Å²) in [5.41, 5.74) is 0.529. The topological polar surface area (TPSA) is 93.6 Å². The molecule has 6 heteroatoms. The number of fused-ring (bicyclic) bond motifs is 5. The Labute approximate surface area is 251 Å². The van der Waals surface area contributed by atoms with Gasteiger partial charge in [0.2, 0.25) is 5.91 Å². The van der Waals surface area contributed by atoms with Gasteiger partial charge in [-0.15, -0.1) is 0 Å². The zero-order chi connectivity index (χ0) is 29.2. The van der Waals surface area contributed by atoms with Gasteiger partial charge in [-0.25, -0.2) is 0 Å². The molecule has 6 nitrogen and oxygen atoms in total. The average Bonchev–Trinajstić information content (AvgIpc) is 3.60. The third-order valence-corrected chi connectivity index (χ3v) is 13.7. The zero-order valence-electron chi connectivity index (χ0n) is 26.8. The fourth-order valence-electron chi connectivity index (χ4n) is 11.5. The summed E-state index contributed by atoms with van der Waals surface area (Å²) in [6.07, 6.45) is 13.9. The molecule has 5 fully saturated rings. The minimum atomic E-state index is -0.230. The number of rotatable bonds is 12. The number of aliphatic hydroxyl groups excluding tert-OH is 2. The van der Waals surface area contributed by atoms with Gasteiger partial charge in [-0.3, -0.25) is 4.79 Å². The Morgan fingerprint density at radius 3 is 2.51 bits per heavy atom. The van der Waals surface area contributed by atoms with Crippen LogP contribution in [0, 0.1) is 58.2 Å². The molecule has 5 rings (SSSR count). The standard InChI is InChI=1S/C35H63N3O3/c1-5-26-30-21-25(39)12-15-35(30,4)29-13-16-34(3)27(9-10-28(34)32(29)33(26)41)23(2)8-11-31(40)38-20-19-36-17-6-7-24-14-18-37-22-24/h23-30,32-33,36-37,39,41H,5-22H2,1-4H3,(H,38,40)/t23-,24?,25-,26-,27-,28+,29+,30+,32+,33-,34-,35-/m1/s1. The normalized spacial score (nSPS) is 44.6. The lowest BCUT2D eigenvalue weighted by Gasteiger charge is -2.64. The fraction of sp³-hybridized carbons (Fsp3) is 0.971. The Morgan fingerprint density at radius 1 is 0.976 bits per heavy atom. The van der Waals surface area contributed by atoms with E-state index in [0.29, 0.717) is 47.8 Å². The summed E-state index contributed by atoms with van der Waals surface area (Å²) in [5, 5.41) is 32.6. The second-order valence-electron chi connectivity index (χ2n) is 15.7. The fourth-order valence-corrected chi connectivity index (χ4v) is 11.5. The van der Waals surface area contributed by atoms with Crippen LogP contribution in [0.4, 0.5) is 0 Å². The Morgan fingerprint density at radius 2 is 1.76 bits per heavy atom. The Balaban J connectivity index is 1.09. The van der Waals surface area contributed by atoms with Crippen molar-refractivity contribution in [2.75, 3.05) is 32.7 Å². The molecule has 5 N–H and O–H groups in total. The molecular weight excluding hydrogens is 510 g/mol. The van der Waals surface area contributed by atoms with Gasteiger partial charge in [-0.2, -0.15) is 0 Å². The summed E-state index contributed by atoms with van der Waals surface area (Å²) in [7, 11) is 0. The van der Waals surface area contributed by atoms with Crippen molar-refractivity contribution in [3.8, 4) is 0 Å². The number of nitrogens with one attached hydrogen (secondary N) is 3. The van der Waals surface area contributed by atoms with Gasteiger partial charge in [-0.05, 0) is 148 Å². The van der Waals surface area contributed by atoms with Gasteiger partial charge in [0.05, 0.1) is 12.2 Å². The van der Waals surface area contributed by atoms with Crippen LogP contribution in [-0.4, -0.2) is 61.1 Å². The Bertz CT molecular complexity index is 864. The minimum Gasteiger partial charge on any atom is -0.393 e. The molecule has 4 aliphatic carbocycles. The molecule has 0 bridgehead atoms. The van der Waals surface area contributed by atoms with Crippen LogP contribution in [0.2, 0.25) is 0 Å². The van der Waals surface area contributed by atoms with E-state index >= 15 is 0 Å². The second kappa shape index (κ2) is 13.5. The SMILES string of the molecule is CC[C@H]1[C@@H](O)[C@@H]2[C@H](CC[C@]3(C)[C@@H]([C@H](C)CCC(=O)NCCNCCCC4CCNC4)CC[C@@H]23)[C@@]2(C)CC[C@@H](O)C[C@@H]12. The summed E-state index contributed by atoms with van der Waals surface area (Å²) >= 11 is 0. The molecule has 1 heterocycles. The maximum atomic E-state index is 12.7. The molecular formula is C35H63N3O3. The lowest BCUT2D eigenvalue weighted by Crippen LogP contribution is -2.62. The minimum absolute atomic E-state index is 0.186. The molecule has 1 aliphatic heterocycles. The first-order chi connectivity index (χ1) is 19.7. The maximum Gasteiger partial charge on any atom is 0.220 e. The summed E-state index contributed by atoms with van der Waals surface area (Å²) in [6, 6.07) is 0. The van der Waals surface area contributed by atoms with Crippen LogP contribution < -0.4 is 16.0 Å². The van der Waals surface area contributed by atoms with Gasteiger partial charge >= 0.3 is 0 Å². The zero-order valence-corrected chi connectivity index (χ0v) is 26.8. The van der Waals surface area contributed by atoms with Crippen LogP contribution >= 0.6 is 0 Å². The number of amides is 1. The number of carbonyl (C=O) groups excluding carboxylic acids is 1. The van der Waals surface area contributed by atoms with Crippen molar-refractivity contribution in [1.82, 2.24) is 16.0 Å².